The Balaban J connectivity index is 5.02. The second kappa shape index (κ2) is 7.56. The van der Waals surface area contributed by atoms with Crippen molar-refractivity contribution in [1.82, 2.24) is 9.80 Å². The number of rotatable bonds is 7. The van der Waals surface area contributed by atoms with Crippen molar-refractivity contribution in [3.63, 3.8) is 0 Å². The summed E-state index contributed by atoms with van der Waals surface area (Å²) in [4.78, 5) is 33.6. The van der Waals surface area contributed by atoms with Gasteiger partial charge in [-0.05, 0) is 6.42 Å². The molecule has 0 spiro atoms. The number of urea groups is 1. The normalized spacial score (nSPS) is 11.0. The van der Waals surface area contributed by atoms with Crippen molar-refractivity contribution in [2.75, 3.05) is 26.2 Å². The number of carboxylic acid groups (broad SMARTS) is 2. The molecular weight excluding hydrogens is 285 g/mol. The van der Waals surface area contributed by atoms with Crippen LogP contribution in [0.25, 0.3) is 0 Å². The van der Waals surface area contributed by atoms with E-state index in [9.17, 15) is 27.6 Å². The third-order valence-electron chi connectivity index (χ3n) is 2.06. The highest BCUT2D eigenvalue weighted by Crippen LogP contribution is 2.17. The molecule has 0 aromatic heterocycles. The number of alkyl halides is 3. The summed E-state index contributed by atoms with van der Waals surface area (Å²) in [5.41, 5.74) is 0. The Labute approximate surface area is 112 Å². The quantitative estimate of drug-likeness (QED) is 0.726. The maximum absolute atomic E-state index is 12.3. The van der Waals surface area contributed by atoms with Crippen LogP contribution in [0.1, 0.15) is 13.3 Å². The van der Waals surface area contributed by atoms with E-state index in [1.54, 1.807) is 0 Å². The van der Waals surface area contributed by atoms with Gasteiger partial charge < -0.3 is 20.0 Å². The van der Waals surface area contributed by atoms with E-state index in [1.165, 1.54) is 6.92 Å². The molecule has 2 N–H and O–H groups in total. The van der Waals surface area contributed by atoms with Crippen LogP contribution in [-0.4, -0.2) is 70.3 Å². The minimum Gasteiger partial charge on any atom is -0.480 e. The average Bonchev–Trinajstić information content (AvgIpc) is 2.23. The number of hydrogen-bond acceptors (Lipinski definition) is 3. The fourth-order valence-electron chi connectivity index (χ4n) is 1.45. The summed E-state index contributed by atoms with van der Waals surface area (Å²) in [6.07, 6.45) is -4.43. The second-order valence-corrected chi connectivity index (χ2v) is 3.96. The highest BCUT2D eigenvalue weighted by molar-refractivity contribution is 5.84. The number of hydrogen-bond donors (Lipinski definition) is 2. The first-order valence-electron chi connectivity index (χ1n) is 5.61. The molecule has 7 nitrogen and oxygen atoms in total. The minimum atomic E-state index is -4.65. The molecule has 0 aliphatic rings. The predicted octanol–water partition coefficient (Wildman–Crippen LogP) is 0.852. The number of aliphatic carboxylic acids is 2. The van der Waals surface area contributed by atoms with E-state index in [-0.39, 0.29) is 13.0 Å². The summed E-state index contributed by atoms with van der Waals surface area (Å²) in [6, 6.07) is -1.27. The first-order valence-corrected chi connectivity index (χ1v) is 5.61. The van der Waals surface area contributed by atoms with Crippen LogP contribution in [0, 0.1) is 0 Å². The van der Waals surface area contributed by atoms with E-state index < -0.39 is 43.8 Å². The summed E-state index contributed by atoms with van der Waals surface area (Å²) in [5.74, 6) is -3.02. The molecular formula is C10H15F3N2O5. The zero-order chi connectivity index (χ0) is 15.9. The van der Waals surface area contributed by atoms with Gasteiger partial charge in [-0.2, -0.15) is 13.2 Å². The summed E-state index contributed by atoms with van der Waals surface area (Å²) in [5, 5.41) is 17.1. The van der Waals surface area contributed by atoms with Gasteiger partial charge in [0.25, 0.3) is 0 Å². The third-order valence-corrected chi connectivity index (χ3v) is 2.06. The predicted molar refractivity (Wildman–Crippen MR) is 60.2 cm³/mol. The molecule has 0 aliphatic carbocycles. The molecule has 0 fully saturated rings. The second-order valence-electron chi connectivity index (χ2n) is 3.96. The molecule has 20 heavy (non-hydrogen) atoms. The van der Waals surface area contributed by atoms with Gasteiger partial charge in [-0.3, -0.25) is 9.59 Å². The minimum absolute atomic E-state index is 0.218. The molecule has 116 valence electrons. The molecule has 0 saturated carbocycles. The lowest BCUT2D eigenvalue weighted by atomic mass is 10.4. The Bertz CT molecular complexity index is 356. The highest BCUT2D eigenvalue weighted by Gasteiger charge is 2.35. The van der Waals surface area contributed by atoms with Crippen molar-refractivity contribution in [3.8, 4) is 0 Å². The Kier molecular flexibility index (Phi) is 6.80. The van der Waals surface area contributed by atoms with Gasteiger partial charge in [-0.15, -0.1) is 0 Å². The van der Waals surface area contributed by atoms with Crippen molar-refractivity contribution < 1.29 is 37.8 Å². The molecule has 10 heteroatoms. The molecule has 0 heterocycles. The molecule has 0 bridgehead atoms. The van der Waals surface area contributed by atoms with Crippen LogP contribution in [-0.2, 0) is 9.59 Å². The van der Waals surface area contributed by atoms with Gasteiger partial charge in [0.2, 0.25) is 0 Å². The molecule has 0 rings (SSSR count). The molecule has 0 unspecified atom stereocenters. The van der Waals surface area contributed by atoms with Crippen LogP contribution < -0.4 is 0 Å². The average molecular weight is 300 g/mol. The Hall–Kier alpha value is -2.00. The summed E-state index contributed by atoms with van der Waals surface area (Å²) in [6.45, 7) is -2.24. The fraction of sp³-hybridized carbons (Fsp3) is 0.700. The monoisotopic (exact) mass is 300 g/mol. The maximum atomic E-state index is 12.3. The van der Waals surface area contributed by atoms with Crippen LogP contribution in [0.3, 0.4) is 0 Å². The Morgan fingerprint density at radius 1 is 1.00 bits per heavy atom. The summed E-state index contributed by atoms with van der Waals surface area (Å²) >= 11 is 0. The Morgan fingerprint density at radius 3 is 1.75 bits per heavy atom. The van der Waals surface area contributed by atoms with Crippen LogP contribution in [0.15, 0.2) is 0 Å². The number of amides is 2. The van der Waals surface area contributed by atoms with Crippen molar-refractivity contribution in [2.45, 2.75) is 19.5 Å². The van der Waals surface area contributed by atoms with Gasteiger partial charge in [-0.1, -0.05) is 6.92 Å². The van der Waals surface area contributed by atoms with Crippen LogP contribution >= 0.6 is 0 Å². The number of halogens is 3. The van der Waals surface area contributed by atoms with E-state index in [0.29, 0.717) is 9.80 Å². The molecule has 0 atom stereocenters. The zero-order valence-electron chi connectivity index (χ0n) is 10.7. The first-order chi connectivity index (χ1) is 9.06. The van der Waals surface area contributed by atoms with E-state index in [0.717, 1.165) is 0 Å². The fourth-order valence-corrected chi connectivity index (χ4v) is 1.45. The van der Waals surface area contributed by atoms with Gasteiger partial charge in [0.05, 0.1) is 0 Å². The lowest BCUT2D eigenvalue weighted by Gasteiger charge is -2.29. The number of carboxylic acids is 2. The van der Waals surface area contributed by atoms with E-state index in [1.807, 2.05) is 0 Å². The third kappa shape index (κ3) is 7.44. The SMILES string of the molecule is CCCN(CC(F)(F)F)C(=O)N(CC(=O)O)CC(=O)O. The van der Waals surface area contributed by atoms with Gasteiger partial charge in [0.1, 0.15) is 19.6 Å². The lowest BCUT2D eigenvalue weighted by molar-refractivity contribution is -0.143. The lowest BCUT2D eigenvalue weighted by Crippen LogP contribution is -2.50. The van der Waals surface area contributed by atoms with Crippen LogP contribution in [0.5, 0.6) is 0 Å². The van der Waals surface area contributed by atoms with Gasteiger partial charge in [0.15, 0.2) is 0 Å². The molecule has 0 aromatic carbocycles. The Morgan fingerprint density at radius 2 is 1.45 bits per heavy atom. The van der Waals surface area contributed by atoms with Crippen molar-refractivity contribution in [3.05, 3.63) is 0 Å². The van der Waals surface area contributed by atoms with E-state index in [4.69, 9.17) is 10.2 Å². The smallest absolute Gasteiger partial charge is 0.406 e. The highest BCUT2D eigenvalue weighted by atomic mass is 19.4. The molecule has 0 aromatic rings. The van der Waals surface area contributed by atoms with Gasteiger partial charge in [-0.25, -0.2) is 4.79 Å². The summed E-state index contributed by atoms with van der Waals surface area (Å²) < 4.78 is 37.0. The van der Waals surface area contributed by atoms with Crippen molar-refractivity contribution >= 4 is 18.0 Å². The molecule has 0 saturated heterocycles. The number of carbonyl (C=O) groups is 3. The summed E-state index contributed by atoms with van der Waals surface area (Å²) in [7, 11) is 0. The van der Waals surface area contributed by atoms with Crippen LogP contribution in [0.2, 0.25) is 0 Å². The zero-order valence-corrected chi connectivity index (χ0v) is 10.7. The largest absolute Gasteiger partial charge is 0.480 e. The first kappa shape index (κ1) is 18.0. The molecule has 0 radical (unpaired) electrons. The number of carbonyl (C=O) groups excluding carboxylic acids is 1. The van der Waals surface area contributed by atoms with E-state index in [2.05, 4.69) is 0 Å². The maximum Gasteiger partial charge on any atom is 0.406 e. The van der Waals surface area contributed by atoms with E-state index >= 15 is 0 Å². The van der Waals surface area contributed by atoms with Crippen LogP contribution in [0.4, 0.5) is 18.0 Å². The standard InChI is InChI=1S/C10H15F3N2O5/c1-2-3-14(6-10(11,12)13)9(20)15(4-7(16)17)5-8(18)19/h2-6H2,1H3,(H,16,17)(H,18,19). The van der Waals surface area contributed by atoms with Gasteiger partial charge in [0, 0.05) is 6.54 Å². The van der Waals surface area contributed by atoms with Crippen molar-refractivity contribution in [1.29, 1.82) is 0 Å². The molecule has 2 amide bonds. The number of nitrogens with zero attached hydrogens (tertiary/aromatic N) is 2. The molecule has 0 aliphatic heterocycles. The van der Waals surface area contributed by atoms with Crippen molar-refractivity contribution in [2.24, 2.45) is 0 Å². The van der Waals surface area contributed by atoms with Gasteiger partial charge >= 0.3 is 24.1 Å². The topological polar surface area (TPSA) is 98.2 Å².